The topological polar surface area (TPSA) is 58.3 Å². The van der Waals surface area contributed by atoms with Crippen molar-refractivity contribution in [2.45, 2.75) is 13.5 Å². The Kier molecular flexibility index (Phi) is 2.46. The van der Waals surface area contributed by atoms with Gasteiger partial charge in [0.25, 0.3) is 0 Å². The number of hydrogen-bond donors (Lipinski definition) is 3. The lowest BCUT2D eigenvalue weighted by Crippen LogP contribution is -2.20. The van der Waals surface area contributed by atoms with Crippen molar-refractivity contribution in [1.29, 1.82) is 0 Å². The van der Waals surface area contributed by atoms with Crippen LogP contribution in [0.4, 0.5) is 0 Å². The van der Waals surface area contributed by atoms with Crippen LogP contribution in [0.25, 0.3) is 0 Å². The van der Waals surface area contributed by atoms with E-state index in [0.717, 1.165) is 11.1 Å². The summed E-state index contributed by atoms with van der Waals surface area (Å²) in [6, 6.07) is 5.50. The molecule has 1 aromatic rings. The lowest BCUT2D eigenvalue weighted by atomic mass is 10.1. The highest BCUT2D eigenvalue weighted by Gasteiger charge is 1.98. The molecule has 1 rings (SSSR count). The largest absolute Gasteiger partial charge is 0.508 e. The van der Waals surface area contributed by atoms with Crippen LogP contribution in [0.2, 0.25) is 0 Å². The quantitative estimate of drug-likeness (QED) is 0.431. The maximum absolute atomic E-state index is 9.33. The number of nitrogens with one attached hydrogen (secondary N) is 1. The molecule has 3 nitrogen and oxygen atoms in total. The van der Waals surface area contributed by atoms with Crippen molar-refractivity contribution in [3.8, 4) is 5.75 Å². The van der Waals surface area contributed by atoms with Crippen molar-refractivity contribution in [3.63, 3.8) is 0 Å². The number of aryl methyl sites for hydroxylation is 1. The molecule has 0 atom stereocenters. The molecular weight excluding hydrogens is 140 g/mol. The summed E-state index contributed by atoms with van der Waals surface area (Å²) in [6.07, 6.45) is 0. The monoisotopic (exact) mass is 152 g/mol. The van der Waals surface area contributed by atoms with E-state index in [1.807, 2.05) is 19.1 Å². The van der Waals surface area contributed by atoms with E-state index in [1.54, 1.807) is 6.07 Å². The van der Waals surface area contributed by atoms with Crippen LogP contribution in [0.15, 0.2) is 18.2 Å². The predicted octanol–water partition coefficient (Wildman–Crippen LogP) is 0.664. The zero-order valence-electron chi connectivity index (χ0n) is 6.46. The molecule has 11 heavy (non-hydrogen) atoms. The lowest BCUT2D eigenvalue weighted by molar-refractivity contribution is 0.464. The number of hydrogen-bond acceptors (Lipinski definition) is 3. The Morgan fingerprint density at radius 1 is 1.55 bits per heavy atom. The highest BCUT2D eigenvalue weighted by Crippen LogP contribution is 2.17. The molecule has 0 aromatic heterocycles. The van der Waals surface area contributed by atoms with Crippen LogP contribution >= 0.6 is 0 Å². The lowest BCUT2D eigenvalue weighted by Gasteiger charge is -2.03. The van der Waals surface area contributed by atoms with Crippen LogP contribution in [0.3, 0.4) is 0 Å². The molecule has 0 radical (unpaired) electrons. The molecule has 1 aromatic carbocycles. The smallest absolute Gasteiger partial charge is 0.120 e. The third-order valence-corrected chi connectivity index (χ3v) is 1.53. The van der Waals surface area contributed by atoms with Gasteiger partial charge in [-0.25, -0.2) is 0 Å². The normalized spacial score (nSPS) is 10.0. The molecule has 3 heteroatoms. The van der Waals surface area contributed by atoms with Crippen molar-refractivity contribution >= 4 is 0 Å². The number of aromatic hydroxyl groups is 1. The minimum absolute atomic E-state index is 0.294. The van der Waals surface area contributed by atoms with Gasteiger partial charge in [-0.05, 0) is 18.6 Å². The van der Waals surface area contributed by atoms with E-state index < -0.39 is 0 Å². The van der Waals surface area contributed by atoms with Gasteiger partial charge in [0.15, 0.2) is 0 Å². The van der Waals surface area contributed by atoms with Gasteiger partial charge in [-0.2, -0.15) is 0 Å². The van der Waals surface area contributed by atoms with Gasteiger partial charge in [0.05, 0.1) is 0 Å². The van der Waals surface area contributed by atoms with E-state index >= 15 is 0 Å². The van der Waals surface area contributed by atoms with Crippen molar-refractivity contribution in [1.82, 2.24) is 5.43 Å². The van der Waals surface area contributed by atoms with Gasteiger partial charge in [-0.1, -0.05) is 12.1 Å². The Morgan fingerprint density at radius 2 is 2.27 bits per heavy atom. The number of phenolic OH excluding ortho intramolecular Hbond substituents is 1. The van der Waals surface area contributed by atoms with Crippen LogP contribution in [-0.4, -0.2) is 5.11 Å². The predicted molar refractivity (Wildman–Crippen MR) is 43.9 cm³/mol. The molecule has 0 bridgehead atoms. The Hall–Kier alpha value is -1.06. The second-order valence-electron chi connectivity index (χ2n) is 2.51. The van der Waals surface area contributed by atoms with E-state index in [1.165, 1.54) is 0 Å². The summed E-state index contributed by atoms with van der Waals surface area (Å²) in [4.78, 5) is 0. The number of hydrazine groups is 1. The Bertz CT molecular complexity index is 248. The average Bonchev–Trinajstić information content (AvgIpc) is 1.95. The van der Waals surface area contributed by atoms with Crippen LogP contribution in [-0.2, 0) is 6.54 Å². The summed E-state index contributed by atoms with van der Waals surface area (Å²) < 4.78 is 0. The molecule has 0 aliphatic carbocycles. The van der Waals surface area contributed by atoms with Crippen molar-refractivity contribution < 1.29 is 5.11 Å². The maximum Gasteiger partial charge on any atom is 0.120 e. The average molecular weight is 152 g/mol. The third kappa shape index (κ3) is 1.93. The van der Waals surface area contributed by atoms with Crippen molar-refractivity contribution in [2.75, 3.05) is 0 Å². The minimum Gasteiger partial charge on any atom is -0.508 e. The molecule has 0 fully saturated rings. The van der Waals surface area contributed by atoms with Crippen molar-refractivity contribution in [3.05, 3.63) is 29.3 Å². The molecule has 0 spiro atoms. The second-order valence-corrected chi connectivity index (χ2v) is 2.51. The molecule has 60 valence electrons. The van der Waals surface area contributed by atoms with Crippen LogP contribution in [0.5, 0.6) is 5.75 Å². The SMILES string of the molecule is Cc1ccc(CNN)c(O)c1. The van der Waals surface area contributed by atoms with E-state index in [2.05, 4.69) is 5.43 Å². The summed E-state index contributed by atoms with van der Waals surface area (Å²) in [7, 11) is 0. The van der Waals surface area contributed by atoms with E-state index in [4.69, 9.17) is 5.84 Å². The van der Waals surface area contributed by atoms with Gasteiger partial charge in [0.1, 0.15) is 5.75 Å². The zero-order chi connectivity index (χ0) is 8.27. The molecular formula is C8H12N2O. The number of rotatable bonds is 2. The summed E-state index contributed by atoms with van der Waals surface area (Å²) >= 11 is 0. The first-order valence-electron chi connectivity index (χ1n) is 3.46. The van der Waals surface area contributed by atoms with Gasteiger partial charge in [-0.3, -0.25) is 11.3 Å². The number of nitrogens with two attached hydrogens (primary N) is 1. The van der Waals surface area contributed by atoms with E-state index in [-0.39, 0.29) is 0 Å². The number of benzene rings is 1. The molecule has 0 saturated carbocycles. The molecule has 0 amide bonds. The highest BCUT2D eigenvalue weighted by molar-refractivity contribution is 5.35. The fourth-order valence-electron chi connectivity index (χ4n) is 0.933. The molecule has 0 unspecified atom stereocenters. The van der Waals surface area contributed by atoms with E-state index in [9.17, 15) is 5.11 Å². The van der Waals surface area contributed by atoms with Crippen LogP contribution < -0.4 is 11.3 Å². The Morgan fingerprint density at radius 3 is 2.82 bits per heavy atom. The molecule has 0 saturated heterocycles. The minimum atomic E-state index is 0.294. The van der Waals surface area contributed by atoms with Crippen LogP contribution in [0.1, 0.15) is 11.1 Å². The molecule has 0 aliphatic heterocycles. The maximum atomic E-state index is 9.33. The first-order valence-corrected chi connectivity index (χ1v) is 3.46. The second kappa shape index (κ2) is 3.37. The van der Waals surface area contributed by atoms with Crippen molar-refractivity contribution in [2.24, 2.45) is 5.84 Å². The Labute approximate surface area is 65.8 Å². The standard InChI is InChI=1S/C8H12N2O/c1-6-2-3-7(5-10-9)8(11)4-6/h2-4,10-11H,5,9H2,1H3. The van der Waals surface area contributed by atoms with Gasteiger partial charge in [-0.15, -0.1) is 0 Å². The summed E-state index contributed by atoms with van der Waals surface area (Å²) in [5, 5.41) is 9.33. The number of phenols is 1. The summed E-state index contributed by atoms with van der Waals surface area (Å²) in [5.41, 5.74) is 4.35. The van der Waals surface area contributed by atoms with Gasteiger partial charge >= 0.3 is 0 Å². The summed E-state index contributed by atoms with van der Waals surface area (Å²) in [6.45, 7) is 2.42. The first-order chi connectivity index (χ1) is 5.24. The highest BCUT2D eigenvalue weighted by atomic mass is 16.3. The molecule has 0 aliphatic rings. The van der Waals surface area contributed by atoms with Gasteiger partial charge < -0.3 is 5.11 Å². The molecule has 0 heterocycles. The fourth-order valence-corrected chi connectivity index (χ4v) is 0.933. The van der Waals surface area contributed by atoms with Crippen LogP contribution in [0, 0.1) is 6.92 Å². The third-order valence-electron chi connectivity index (χ3n) is 1.53. The van der Waals surface area contributed by atoms with Gasteiger partial charge in [0.2, 0.25) is 0 Å². The molecule has 4 N–H and O–H groups in total. The Balaban J connectivity index is 2.90. The van der Waals surface area contributed by atoms with Gasteiger partial charge in [0, 0.05) is 12.1 Å². The fraction of sp³-hybridized carbons (Fsp3) is 0.250. The van der Waals surface area contributed by atoms with E-state index in [0.29, 0.717) is 12.3 Å². The first kappa shape index (κ1) is 8.04. The summed E-state index contributed by atoms with van der Waals surface area (Å²) in [5.74, 6) is 5.40. The zero-order valence-corrected chi connectivity index (χ0v) is 6.46.